The summed E-state index contributed by atoms with van der Waals surface area (Å²) in [5, 5.41) is 7.82. The van der Waals surface area contributed by atoms with Gasteiger partial charge in [-0.2, -0.15) is 0 Å². The summed E-state index contributed by atoms with van der Waals surface area (Å²) in [5.41, 5.74) is 1.38. The number of carbonyl (C=O) groups is 2. The number of hydrogen-bond acceptors (Lipinski definition) is 3. The number of amides is 3. The Morgan fingerprint density at radius 2 is 1.88 bits per heavy atom. The quantitative estimate of drug-likeness (QED) is 0.787. The second-order valence-corrected chi connectivity index (χ2v) is 5.00. The molecule has 6 nitrogen and oxygen atoms in total. The molecule has 0 fully saturated rings. The van der Waals surface area contributed by atoms with Crippen molar-refractivity contribution in [3.05, 3.63) is 53.8 Å². The minimum Gasteiger partial charge on any atom is -0.494 e. The van der Waals surface area contributed by atoms with Crippen molar-refractivity contribution in [2.24, 2.45) is 0 Å². The molecule has 0 radical (unpaired) electrons. The standard InChI is InChI=1S/C17H18FN3O3/c1-11(22)20-15-8-7-13(9-16(15)24-2)21-17(23)19-10-12-5-3-4-6-14(12)18/h3-9H,10H2,1-2H3,(H,20,22)(H2,19,21,23). The fraction of sp³-hybridized carbons (Fsp3) is 0.176. The van der Waals surface area contributed by atoms with Crippen LogP contribution in [0.5, 0.6) is 5.75 Å². The number of anilines is 2. The van der Waals surface area contributed by atoms with E-state index >= 15 is 0 Å². The van der Waals surface area contributed by atoms with E-state index in [1.165, 1.54) is 20.1 Å². The van der Waals surface area contributed by atoms with Crippen LogP contribution in [0.15, 0.2) is 42.5 Å². The van der Waals surface area contributed by atoms with E-state index in [4.69, 9.17) is 4.74 Å². The molecule has 126 valence electrons. The molecule has 0 saturated carbocycles. The highest BCUT2D eigenvalue weighted by atomic mass is 19.1. The first kappa shape index (κ1) is 17.3. The van der Waals surface area contributed by atoms with Crippen LogP contribution in [0.2, 0.25) is 0 Å². The lowest BCUT2D eigenvalue weighted by molar-refractivity contribution is -0.114. The number of benzene rings is 2. The van der Waals surface area contributed by atoms with Crippen LogP contribution in [0, 0.1) is 5.82 Å². The Morgan fingerprint density at radius 1 is 1.12 bits per heavy atom. The highest BCUT2D eigenvalue weighted by molar-refractivity contribution is 5.93. The second kappa shape index (κ2) is 7.96. The van der Waals surface area contributed by atoms with Crippen molar-refractivity contribution in [2.45, 2.75) is 13.5 Å². The lowest BCUT2D eigenvalue weighted by Gasteiger charge is -2.12. The van der Waals surface area contributed by atoms with Gasteiger partial charge in [0.25, 0.3) is 0 Å². The van der Waals surface area contributed by atoms with Gasteiger partial charge in [-0.1, -0.05) is 18.2 Å². The Bertz CT molecular complexity index is 750. The van der Waals surface area contributed by atoms with E-state index in [2.05, 4.69) is 16.0 Å². The van der Waals surface area contributed by atoms with E-state index in [9.17, 15) is 14.0 Å². The summed E-state index contributed by atoms with van der Waals surface area (Å²) in [6, 6.07) is 10.6. The maximum absolute atomic E-state index is 13.5. The Kier molecular flexibility index (Phi) is 5.73. The average Bonchev–Trinajstić information content (AvgIpc) is 2.55. The molecule has 2 rings (SSSR count). The van der Waals surface area contributed by atoms with Crippen LogP contribution < -0.4 is 20.7 Å². The number of urea groups is 1. The summed E-state index contributed by atoms with van der Waals surface area (Å²) in [5.74, 6) is -0.187. The highest BCUT2D eigenvalue weighted by Crippen LogP contribution is 2.27. The predicted octanol–water partition coefficient (Wildman–Crippen LogP) is 3.11. The van der Waals surface area contributed by atoms with E-state index in [0.717, 1.165) is 0 Å². The van der Waals surface area contributed by atoms with Crippen molar-refractivity contribution in [3.63, 3.8) is 0 Å². The molecule has 7 heteroatoms. The first-order chi connectivity index (χ1) is 11.5. The molecule has 0 unspecified atom stereocenters. The van der Waals surface area contributed by atoms with Crippen molar-refractivity contribution in [3.8, 4) is 5.75 Å². The van der Waals surface area contributed by atoms with E-state index in [0.29, 0.717) is 22.7 Å². The molecule has 0 spiro atoms. The summed E-state index contributed by atoms with van der Waals surface area (Å²) < 4.78 is 18.7. The zero-order valence-electron chi connectivity index (χ0n) is 13.4. The number of nitrogens with one attached hydrogen (secondary N) is 3. The number of hydrogen-bond donors (Lipinski definition) is 3. The van der Waals surface area contributed by atoms with Crippen LogP contribution in [0.3, 0.4) is 0 Å². The maximum atomic E-state index is 13.5. The summed E-state index contributed by atoms with van der Waals surface area (Å²) >= 11 is 0. The summed E-state index contributed by atoms with van der Waals surface area (Å²) in [7, 11) is 1.46. The van der Waals surface area contributed by atoms with Gasteiger partial charge in [0, 0.05) is 30.8 Å². The lowest BCUT2D eigenvalue weighted by Crippen LogP contribution is -2.28. The fourth-order valence-electron chi connectivity index (χ4n) is 2.05. The molecule has 0 heterocycles. The predicted molar refractivity (Wildman–Crippen MR) is 89.6 cm³/mol. The topological polar surface area (TPSA) is 79.5 Å². The Morgan fingerprint density at radius 3 is 2.54 bits per heavy atom. The van der Waals surface area contributed by atoms with Crippen LogP contribution in [0.1, 0.15) is 12.5 Å². The van der Waals surface area contributed by atoms with Crippen LogP contribution in [0.4, 0.5) is 20.6 Å². The molecule has 0 atom stereocenters. The van der Waals surface area contributed by atoms with E-state index in [1.807, 2.05) is 0 Å². The van der Waals surface area contributed by atoms with Gasteiger partial charge >= 0.3 is 6.03 Å². The number of carbonyl (C=O) groups excluding carboxylic acids is 2. The number of ether oxygens (including phenoxy) is 1. The summed E-state index contributed by atoms with van der Waals surface area (Å²) in [4.78, 5) is 23.0. The first-order valence-electron chi connectivity index (χ1n) is 7.23. The van der Waals surface area contributed by atoms with Crippen molar-refractivity contribution in [1.29, 1.82) is 0 Å². The van der Waals surface area contributed by atoms with Crippen molar-refractivity contribution < 1.29 is 18.7 Å². The molecule has 0 aromatic heterocycles. The molecule has 24 heavy (non-hydrogen) atoms. The van der Waals surface area contributed by atoms with E-state index < -0.39 is 6.03 Å². The molecule has 3 amide bonds. The highest BCUT2D eigenvalue weighted by Gasteiger charge is 2.09. The maximum Gasteiger partial charge on any atom is 0.319 e. The third-order valence-electron chi connectivity index (χ3n) is 3.17. The largest absolute Gasteiger partial charge is 0.494 e. The van der Waals surface area contributed by atoms with E-state index in [-0.39, 0.29) is 18.3 Å². The molecular formula is C17H18FN3O3. The van der Waals surface area contributed by atoms with Gasteiger partial charge in [0.2, 0.25) is 5.91 Å². The number of methoxy groups -OCH3 is 1. The normalized spacial score (nSPS) is 9.96. The summed E-state index contributed by atoms with van der Waals surface area (Å²) in [6.45, 7) is 1.46. The van der Waals surface area contributed by atoms with Crippen molar-refractivity contribution >= 4 is 23.3 Å². The van der Waals surface area contributed by atoms with Gasteiger partial charge in [-0.25, -0.2) is 9.18 Å². The zero-order chi connectivity index (χ0) is 17.5. The smallest absolute Gasteiger partial charge is 0.319 e. The number of rotatable bonds is 5. The Balaban J connectivity index is 1.98. The SMILES string of the molecule is COc1cc(NC(=O)NCc2ccccc2F)ccc1NC(C)=O. The van der Waals surface area contributed by atoms with Gasteiger partial charge in [0.05, 0.1) is 12.8 Å². The molecule has 0 bridgehead atoms. The van der Waals surface area contributed by atoms with Crippen LogP contribution >= 0.6 is 0 Å². The third kappa shape index (κ3) is 4.70. The molecule has 0 aliphatic heterocycles. The van der Waals surface area contributed by atoms with Gasteiger partial charge < -0.3 is 20.7 Å². The molecule has 3 N–H and O–H groups in total. The number of halogens is 1. The molecular weight excluding hydrogens is 313 g/mol. The molecule has 2 aromatic carbocycles. The van der Waals surface area contributed by atoms with E-state index in [1.54, 1.807) is 36.4 Å². The molecule has 0 aliphatic rings. The van der Waals surface area contributed by atoms with Crippen LogP contribution in [-0.2, 0) is 11.3 Å². The lowest BCUT2D eigenvalue weighted by atomic mass is 10.2. The zero-order valence-corrected chi connectivity index (χ0v) is 13.4. The summed E-state index contributed by atoms with van der Waals surface area (Å²) in [6.07, 6.45) is 0. The Labute approximate surface area is 139 Å². The van der Waals surface area contributed by atoms with Gasteiger partial charge in [-0.05, 0) is 18.2 Å². The van der Waals surface area contributed by atoms with Crippen LogP contribution in [0.25, 0.3) is 0 Å². The average molecular weight is 331 g/mol. The Hall–Kier alpha value is -3.09. The van der Waals surface area contributed by atoms with Gasteiger partial charge in [0.1, 0.15) is 11.6 Å². The first-order valence-corrected chi connectivity index (χ1v) is 7.23. The monoisotopic (exact) mass is 331 g/mol. The molecule has 0 aliphatic carbocycles. The fourth-order valence-corrected chi connectivity index (χ4v) is 2.05. The minimum absolute atomic E-state index is 0.0691. The minimum atomic E-state index is -0.479. The van der Waals surface area contributed by atoms with Gasteiger partial charge in [0.15, 0.2) is 0 Å². The second-order valence-electron chi connectivity index (χ2n) is 5.00. The molecule has 2 aromatic rings. The third-order valence-corrected chi connectivity index (χ3v) is 3.17. The van der Waals surface area contributed by atoms with Crippen molar-refractivity contribution in [1.82, 2.24) is 5.32 Å². The van der Waals surface area contributed by atoms with Gasteiger partial charge in [-0.15, -0.1) is 0 Å². The van der Waals surface area contributed by atoms with Crippen molar-refractivity contribution in [2.75, 3.05) is 17.7 Å². The van der Waals surface area contributed by atoms with Gasteiger partial charge in [-0.3, -0.25) is 4.79 Å². The molecule has 0 saturated heterocycles. The van der Waals surface area contributed by atoms with Crippen LogP contribution in [-0.4, -0.2) is 19.0 Å².